The van der Waals surface area contributed by atoms with Crippen LogP contribution in [0.3, 0.4) is 0 Å². The van der Waals surface area contributed by atoms with E-state index in [1.165, 1.54) is 24.6 Å². The Balaban J connectivity index is 1.40. The van der Waals surface area contributed by atoms with Crippen molar-refractivity contribution in [2.24, 2.45) is 5.92 Å². The van der Waals surface area contributed by atoms with Gasteiger partial charge in [-0.2, -0.15) is 5.10 Å². The Kier molecular flexibility index (Phi) is 4.72. The Hall–Kier alpha value is -2.28. The van der Waals surface area contributed by atoms with Crippen LogP contribution in [0.25, 0.3) is 0 Å². The molecule has 0 bridgehead atoms. The SMILES string of the molecule is O=C(NCCc1nn(CC2CC2)c2c1COCC2)c1ccc(F)c(F)c1. The van der Waals surface area contributed by atoms with Crippen LogP contribution >= 0.6 is 0 Å². The van der Waals surface area contributed by atoms with E-state index < -0.39 is 17.5 Å². The van der Waals surface area contributed by atoms with Crippen molar-refractivity contribution in [3.05, 3.63) is 52.3 Å². The van der Waals surface area contributed by atoms with Crippen molar-refractivity contribution in [2.45, 2.75) is 38.8 Å². The summed E-state index contributed by atoms with van der Waals surface area (Å²) in [5, 5.41) is 7.49. The number of amides is 1. The van der Waals surface area contributed by atoms with Crippen molar-refractivity contribution in [2.75, 3.05) is 13.2 Å². The average Bonchev–Trinajstić information content (AvgIpc) is 3.39. The van der Waals surface area contributed by atoms with Gasteiger partial charge >= 0.3 is 0 Å². The van der Waals surface area contributed by atoms with Gasteiger partial charge in [0, 0.05) is 42.8 Å². The Labute approximate surface area is 150 Å². The zero-order valence-electron chi connectivity index (χ0n) is 14.4. The van der Waals surface area contributed by atoms with Crippen LogP contribution in [0.2, 0.25) is 0 Å². The number of aromatic nitrogens is 2. The molecule has 1 aliphatic carbocycles. The first-order chi connectivity index (χ1) is 12.6. The second kappa shape index (κ2) is 7.15. The number of ether oxygens (including phenoxy) is 1. The standard InChI is InChI=1S/C19H21F2N3O2/c20-15-4-3-13(9-16(15)21)19(25)22-7-5-17-14-11-26-8-6-18(14)24(23-17)10-12-1-2-12/h3-4,9,12H,1-2,5-8,10-11H2,(H,22,25). The third-order valence-electron chi connectivity index (χ3n) is 4.94. The van der Waals surface area contributed by atoms with E-state index in [1.807, 2.05) is 0 Å². The molecular formula is C19H21F2N3O2. The highest BCUT2D eigenvalue weighted by atomic mass is 19.2. The van der Waals surface area contributed by atoms with E-state index in [9.17, 15) is 13.6 Å². The molecule has 7 heteroatoms. The smallest absolute Gasteiger partial charge is 0.251 e. The van der Waals surface area contributed by atoms with E-state index in [2.05, 4.69) is 10.00 Å². The minimum absolute atomic E-state index is 0.105. The molecule has 1 amide bonds. The van der Waals surface area contributed by atoms with Gasteiger partial charge < -0.3 is 10.1 Å². The van der Waals surface area contributed by atoms with Crippen molar-refractivity contribution in [1.82, 2.24) is 15.1 Å². The summed E-state index contributed by atoms with van der Waals surface area (Å²) < 4.78 is 33.9. The molecule has 4 rings (SSSR count). The minimum Gasteiger partial charge on any atom is -0.376 e. The van der Waals surface area contributed by atoms with Gasteiger partial charge in [-0.25, -0.2) is 8.78 Å². The summed E-state index contributed by atoms with van der Waals surface area (Å²) in [4.78, 5) is 12.1. The molecule has 1 fully saturated rings. The molecule has 2 heterocycles. The summed E-state index contributed by atoms with van der Waals surface area (Å²) in [6, 6.07) is 3.13. The van der Waals surface area contributed by atoms with E-state index in [-0.39, 0.29) is 5.56 Å². The fourth-order valence-corrected chi connectivity index (χ4v) is 3.31. The van der Waals surface area contributed by atoms with Gasteiger partial charge in [0.15, 0.2) is 11.6 Å². The summed E-state index contributed by atoms with van der Waals surface area (Å²) in [6.07, 6.45) is 3.99. The van der Waals surface area contributed by atoms with Gasteiger partial charge in [-0.05, 0) is 37.0 Å². The zero-order chi connectivity index (χ0) is 18.1. The molecule has 5 nitrogen and oxygen atoms in total. The topological polar surface area (TPSA) is 56.2 Å². The maximum atomic E-state index is 13.2. The third-order valence-corrected chi connectivity index (χ3v) is 4.94. The number of fused-ring (bicyclic) bond motifs is 1. The van der Waals surface area contributed by atoms with Gasteiger partial charge in [-0.15, -0.1) is 0 Å². The van der Waals surface area contributed by atoms with Crippen LogP contribution in [0, 0.1) is 17.6 Å². The highest BCUT2D eigenvalue weighted by Crippen LogP contribution is 2.32. The lowest BCUT2D eigenvalue weighted by molar-refractivity contribution is 0.0953. The summed E-state index contributed by atoms with van der Waals surface area (Å²) in [5.74, 6) is -1.67. The van der Waals surface area contributed by atoms with Crippen molar-refractivity contribution in [3.63, 3.8) is 0 Å². The van der Waals surface area contributed by atoms with Crippen LogP contribution in [0.1, 0.15) is 40.2 Å². The Morgan fingerprint density at radius 3 is 2.92 bits per heavy atom. The van der Waals surface area contributed by atoms with Crippen LogP contribution in [-0.4, -0.2) is 28.8 Å². The van der Waals surface area contributed by atoms with Gasteiger partial charge in [0.05, 0.1) is 18.9 Å². The number of hydrogen-bond acceptors (Lipinski definition) is 3. The lowest BCUT2D eigenvalue weighted by Gasteiger charge is -2.15. The number of carbonyl (C=O) groups is 1. The maximum Gasteiger partial charge on any atom is 0.251 e. The van der Waals surface area contributed by atoms with E-state index in [1.54, 1.807) is 0 Å². The lowest BCUT2D eigenvalue weighted by atomic mass is 10.1. The van der Waals surface area contributed by atoms with Gasteiger partial charge in [0.2, 0.25) is 0 Å². The maximum absolute atomic E-state index is 13.2. The zero-order valence-corrected chi connectivity index (χ0v) is 14.4. The van der Waals surface area contributed by atoms with E-state index in [4.69, 9.17) is 9.84 Å². The van der Waals surface area contributed by atoms with Crippen LogP contribution in [0.5, 0.6) is 0 Å². The Bertz CT molecular complexity index is 830. The molecule has 0 spiro atoms. The molecule has 0 saturated heterocycles. The number of halogens is 2. The Morgan fingerprint density at radius 2 is 2.15 bits per heavy atom. The highest BCUT2D eigenvalue weighted by molar-refractivity contribution is 5.94. The van der Waals surface area contributed by atoms with Crippen LogP contribution in [-0.2, 0) is 30.7 Å². The average molecular weight is 361 g/mol. The fourth-order valence-electron chi connectivity index (χ4n) is 3.31. The lowest BCUT2D eigenvalue weighted by Crippen LogP contribution is -2.26. The quantitative estimate of drug-likeness (QED) is 0.861. The number of nitrogens with zero attached hydrogens (tertiary/aromatic N) is 2. The van der Waals surface area contributed by atoms with Crippen LogP contribution < -0.4 is 5.32 Å². The van der Waals surface area contributed by atoms with Crippen LogP contribution in [0.15, 0.2) is 18.2 Å². The van der Waals surface area contributed by atoms with Crippen molar-refractivity contribution in [1.29, 1.82) is 0 Å². The van der Waals surface area contributed by atoms with Gasteiger partial charge in [0.1, 0.15) is 0 Å². The molecular weight excluding hydrogens is 340 g/mol. The van der Waals surface area contributed by atoms with Gasteiger partial charge in [-0.1, -0.05) is 0 Å². The number of carbonyl (C=O) groups excluding carboxylic acids is 1. The number of nitrogens with one attached hydrogen (secondary N) is 1. The molecule has 0 radical (unpaired) electrons. The van der Waals surface area contributed by atoms with Crippen molar-refractivity contribution < 1.29 is 18.3 Å². The molecule has 2 aliphatic rings. The normalized spacial score (nSPS) is 16.4. The number of benzene rings is 1. The first-order valence-electron chi connectivity index (χ1n) is 9.00. The predicted molar refractivity (Wildman–Crippen MR) is 90.7 cm³/mol. The first kappa shape index (κ1) is 17.1. The first-order valence-corrected chi connectivity index (χ1v) is 9.00. The summed E-state index contributed by atoms with van der Waals surface area (Å²) in [5.41, 5.74) is 3.45. The fraction of sp³-hybridized carbons (Fsp3) is 0.474. The summed E-state index contributed by atoms with van der Waals surface area (Å²) in [7, 11) is 0. The van der Waals surface area contributed by atoms with Crippen LogP contribution in [0.4, 0.5) is 8.78 Å². The monoisotopic (exact) mass is 361 g/mol. The molecule has 2 aromatic rings. The molecule has 0 unspecified atom stereocenters. The third kappa shape index (κ3) is 3.62. The molecule has 0 atom stereocenters. The molecule has 138 valence electrons. The molecule has 1 N–H and O–H groups in total. The van der Waals surface area contributed by atoms with Crippen molar-refractivity contribution in [3.8, 4) is 0 Å². The van der Waals surface area contributed by atoms with Crippen molar-refractivity contribution >= 4 is 5.91 Å². The predicted octanol–water partition coefficient (Wildman–Crippen LogP) is 2.62. The molecule has 1 saturated carbocycles. The number of rotatable bonds is 6. The highest BCUT2D eigenvalue weighted by Gasteiger charge is 2.27. The van der Waals surface area contributed by atoms with Gasteiger partial charge in [0.25, 0.3) is 5.91 Å². The molecule has 1 aliphatic heterocycles. The molecule has 1 aromatic heterocycles. The minimum atomic E-state index is -1.03. The van der Waals surface area contributed by atoms with E-state index >= 15 is 0 Å². The molecule has 1 aromatic carbocycles. The number of hydrogen-bond donors (Lipinski definition) is 1. The summed E-state index contributed by atoms with van der Waals surface area (Å²) in [6.45, 7) is 2.62. The van der Waals surface area contributed by atoms with E-state index in [0.29, 0.717) is 19.6 Å². The largest absolute Gasteiger partial charge is 0.376 e. The van der Waals surface area contributed by atoms with Gasteiger partial charge in [-0.3, -0.25) is 9.48 Å². The van der Waals surface area contributed by atoms with E-state index in [0.717, 1.165) is 48.9 Å². The second-order valence-corrected chi connectivity index (χ2v) is 6.93. The summed E-state index contributed by atoms with van der Waals surface area (Å²) >= 11 is 0. The molecule has 26 heavy (non-hydrogen) atoms. The second-order valence-electron chi connectivity index (χ2n) is 6.93. The Morgan fingerprint density at radius 1 is 1.31 bits per heavy atom.